The lowest BCUT2D eigenvalue weighted by atomic mass is 10.1. The minimum absolute atomic E-state index is 0.435. The molecule has 0 fully saturated rings. The molecule has 2 aromatic rings. The molecule has 0 spiro atoms. The Morgan fingerprint density at radius 2 is 1.87 bits per heavy atom. The van der Waals surface area contributed by atoms with Crippen LogP contribution < -0.4 is 5.73 Å². The van der Waals surface area contributed by atoms with E-state index in [1.807, 2.05) is 12.1 Å². The van der Waals surface area contributed by atoms with E-state index in [1.54, 1.807) is 18.2 Å². The average Bonchev–Trinajstić information content (AvgIpc) is 2.29. The number of anilines is 1. The zero-order chi connectivity index (χ0) is 10.7. The van der Waals surface area contributed by atoms with Crippen LogP contribution in [0.5, 0.6) is 0 Å². The molecular weight excluding hydrogens is 188 g/mol. The highest BCUT2D eigenvalue weighted by Crippen LogP contribution is 2.17. The summed E-state index contributed by atoms with van der Waals surface area (Å²) in [6.07, 6.45) is 1.42. The second-order valence-electron chi connectivity index (χ2n) is 3.02. The first-order chi connectivity index (χ1) is 7.29. The van der Waals surface area contributed by atoms with Gasteiger partial charge in [0.2, 0.25) is 0 Å². The highest BCUT2D eigenvalue weighted by Gasteiger charge is 1.99. The number of nitrogens with two attached hydrogens (primary N) is 1. The van der Waals surface area contributed by atoms with Gasteiger partial charge in [-0.25, -0.2) is 9.97 Å². The van der Waals surface area contributed by atoms with Gasteiger partial charge in [0.15, 0.2) is 0 Å². The number of aromatic nitrogens is 2. The van der Waals surface area contributed by atoms with Crippen LogP contribution in [-0.4, -0.2) is 9.97 Å². The number of rotatable bonds is 1. The monoisotopic (exact) mass is 196 g/mol. The third-order valence-electron chi connectivity index (χ3n) is 2.00. The van der Waals surface area contributed by atoms with Crippen LogP contribution in [-0.2, 0) is 0 Å². The number of hydrogen-bond donors (Lipinski definition) is 1. The van der Waals surface area contributed by atoms with Crippen LogP contribution in [0.2, 0.25) is 0 Å². The first-order valence-electron chi connectivity index (χ1n) is 4.37. The molecule has 0 bridgehead atoms. The molecule has 1 aromatic heterocycles. The van der Waals surface area contributed by atoms with Crippen LogP contribution in [0.3, 0.4) is 0 Å². The van der Waals surface area contributed by atoms with Gasteiger partial charge in [-0.05, 0) is 12.1 Å². The molecule has 1 aromatic carbocycles. The molecule has 2 rings (SSSR count). The maximum Gasteiger partial charge on any atom is 0.127 e. The van der Waals surface area contributed by atoms with Gasteiger partial charge in [0.05, 0.1) is 17.3 Å². The number of nitrogen functional groups attached to an aromatic ring is 1. The molecule has 2 N–H and O–H groups in total. The summed E-state index contributed by atoms with van der Waals surface area (Å²) in [6, 6.07) is 10.9. The van der Waals surface area contributed by atoms with Gasteiger partial charge >= 0.3 is 0 Å². The van der Waals surface area contributed by atoms with E-state index < -0.39 is 0 Å². The Hall–Kier alpha value is -2.41. The van der Waals surface area contributed by atoms with Gasteiger partial charge in [0.1, 0.15) is 12.1 Å². The lowest BCUT2D eigenvalue weighted by Gasteiger charge is -2.00. The van der Waals surface area contributed by atoms with Gasteiger partial charge in [-0.2, -0.15) is 5.26 Å². The number of benzene rings is 1. The molecule has 0 saturated carbocycles. The van der Waals surface area contributed by atoms with E-state index in [4.69, 9.17) is 11.0 Å². The standard InChI is InChI=1S/C11H8N4/c12-6-8-1-3-9(4-2-8)10-5-11(13)15-7-14-10/h1-5,7H,(H2,13,14,15). The second-order valence-corrected chi connectivity index (χ2v) is 3.02. The largest absolute Gasteiger partial charge is 0.384 e. The molecule has 0 aliphatic rings. The average molecular weight is 196 g/mol. The Bertz CT molecular complexity index is 511. The summed E-state index contributed by atoms with van der Waals surface area (Å²) in [4.78, 5) is 7.90. The molecule has 0 radical (unpaired) electrons. The molecule has 15 heavy (non-hydrogen) atoms. The molecule has 4 nitrogen and oxygen atoms in total. The number of hydrogen-bond acceptors (Lipinski definition) is 4. The maximum absolute atomic E-state index is 8.65. The number of nitriles is 1. The molecule has 72 valence electrons. The lowest BCUT2D eigenvalue weighted by molar-refractivity contribution is 1.18. The summed E-state index contributed by atoms with van der Waals surface area (Å²) >= 11 is 0. The molecule has 4 heteroatoms. The summed E-state index contributed by atoms with van der Waals surface area (Å²) in [6.45, 7) is 0. The van der Waals surface area contributed by atoms with E-state index in [-0.39, 0.29) is 0 Å². The van der Waals surface area contributed by atoms with Crippen molar-refractivity contribution in [1.29, 1.82) is 5.26 Å². The fourth-order valence-electron chi connectivity index (χ4n) is 1.25. The van der Waals surface area contributed by atoms with Crippen LogP contribution in [0.25, 0.3) is 11.3 Å². The van der Waals surface area contributed by atoms with E-state index in [2.05, 4.69) is 16.0 Å². The highest BCUT2D eigenvalue weighted by molar-refractivity contribution is 5.62. The first-order valence-corrected chi connectivity index (χ1v) is 4.37. The summed E-state index contributed by atoms with van der Waals surface area (Å²) in [5.74, 6) is 0.435. The molecule has 0 aliphatic heterocycles. The molecular formula is C11H8N4. The smallest absolute Gasteiger partial charge is 0.127 e. The lowest BCUT2D eigenvalue weighted by Crippen LogP contribution is -1.92. The Morgan fingerprint density at radius 1 is 1.13 bits per heavy atom. The zero-order valence-electron chi connectivity index (χ0n) is 7.88. The second kappa shape index (κ2) is 3.76. The summed E-state index contributed by atoms with van der Waals surface area (Å²) in [7, 11) is 0. The van der Waals surface area contributed by atoms with Crippen LogP contribution in [0.4, 0.5) is 5.82 Å². The minimum Gasteiger partial charge on any atom is -0.384 e. The van der Waals surface area contributed by atoms with Crippen molar-refractivity contribution >= 4 is 5.82 Å². The quantitative estimate of drug-likeness (QED) is 0.751. The van der Waals surface area contributed by atoms with Gasteiger partial charge in [-0.1, -0.05) is 12.1 Å². The van der Waals surface area contributed by atoms with E-state index in [0.29, 0.717) is 11.4 Å². The predicted octanol–water partition coefficient (Wildman–Crippen LogP) is 1.60. The van der Waals surface area contributed by atoms with Crippen LogP contribution in [0.1, 0.15) is 5.56 Å². The topological polar surface area (TPSA) is 75.6 Å². The van der Waals surface area contributed by atoms with Crippen molar-refractivity contribution < 1.29 is 0 Å². The van der Waals surface area contributed by atoms with Crippen molar-refractivity contribution in [3.8, 4) is 17.3 Å². The van der Waals surface area contributed by atoms with Crippen molar-refractivity contribution in [3.63, 3.8) is 0 Å². The minimum atomic E-state index is 0.435. The molecule has 0 aliphatic carbocycles. The van der Waals surface area contributed by atoms with Crippen molar-refractivity contribution in [1.82, 2.24) is 9.97 Å². The van der Waals surface area contributed by atoms with E-state index in [0.717, 1.165) is 11.3 Å². The third-order valence-corrected chi connectivity index (χ3v) is 2.00. The Kier molecular flexibility index (Phi) is 2.30. The van der Waals surface area contributed by atoms with Gasteiger partial charge in [0.25, 0.3) is 0 Å². The molecule has 1 heterocycles. The predicted molar refractivity (Wildman–Crippen MR) is 56.6 cm³/mol. The fraction of sp³-hybridized carbons (Fsp3) is 0. The van der Waals surface area contributed by atoms with Crippen molar-refractivity contribution in [3.05, 3.63) is 42.2 Å². The van der Waals surface area contributed by atoms with Crippen molar-refractivity contribution in [2.24, 2.45) is 0 Å². The zero-order valence-corrected chi connectivity index (χ0v) is 7.88. The molecule has 0 atom stereocenters. The molecule has 0 saturated heterocycles. The Morgan fingerprint density at radius 3 is 2.47 bits per heavy atom. The van der Waals surface area contributed by atoms with E-state index >= 15 is 0 Å². The van der Waals surface area contributed by atoms with Crippen LogP contribution >= 0.6 is 0 Å². The van der Waals surface area contributed by atoms with Gasteiger partial charge in [-0.3, -0.25) is 0 Å². The summed E-state index contributed by atoms with van der Waals surface area (Å²) in [5.41, 5.74) is 7.85. The fourth-order valence-corrected chi connectivity index (χ4v) is 1.25. The van der Waals surface area contributed by atoms with Gasteiger partial charge in [0, 0.05) is 11.6 Å². The van der Waals surface area contributed by atoms with Gasteiger partial charge < -0.3 is 5.73 Å². The Labute approximate surface area is 87.0 Å². The maximum atomic E-state index is 8.65. The van der Waals surface area contributed by atoms with Crippen molar-refractivity contribution in [2.75, 3.05) is 5.73 Å². The normalized spacial score (nSPS) is 9.53. The highest BCUT2D eigenvalue weighted by atomic mass is 14.9. The Balaban J connectivity index is 2.42. The summed E-state index contributed by atoms with van der Waals surface area (Å²) in [5, 5.41) is 8.65. The number of nitrogens with zero attached hydrogens (tertiary/aromatic N) is 3. The molecule has 0 unspecified atom stereocenters. The first kappa shape index (κ1) is 9.16. The third kappa shape index (κ3) is 1.92. The van der Waals surface area contributed by atoms with Crippen LogP contribution in [0.15, 0.2) is 36.7 Å². The molecule has 0 amide bonds. The van der Waals surface area contributed by atoms with E-state index in [1.165, 1.54) is 6.33 Å². The SMILES string of the molecule is N#Cc1ccc(-c2cc(N)ncn2)cc1. The summed E-state index contributed by atoms with van der Waals surface area (Å²) < 4.78 is 0. The van der Waals surface area contributed by atoms with Crippen molar-refractivity contribution in [2.45, 2.75) is 0 Å². The van der Waals surface area contributed by atoms with E-state index in [9.17, 15) is 0 Å². The van der Waals surface area contributed by atoms with Gasteiger partial charge in [-0.15, -0.1) is 0 Å². The van der Waals surface area contributed by atoms with Crippen LogP contribution in [0, 0.1) is 11.3 Å².